The van der Waals surface area contributed by atoms with E-state index in [0.717, 1.165) is 64.2 Å². The molecule has 0 aromatic heterocycles. The maximum Gasteiger partial charge on any atom is 0.306 e. The summed E-state index contributed by atoms with van der Waals surface area (Å²) in [4.78, 5) is 24.1. The first-order chi connectivity index (χ1) is 21.0. The first-order valence-corrected chi connectivity index (χ1v) is 17.3. The first-order valence-electron chi connectivity index (χ1n) is 17.3. The van der Waals surface area contributed by atoms with Crippen molar-refractivity contribution < 1.29 is 29.3 Å². The van der Waals surface area contributed by atoms with Gasteiger partial charge in [-0.2, -0.15) is 0 Å². The predicted octanol–water partition coefficient (Wildman–Crippen LogP) is 9.25. The molecule has 6 heteroatoms. The number of allylic oxidation sites excluding steroid dienone is 8. The molecule has 0 radical (unpaired) electrons. The van der Waals surface area contributed by atoms with Crippen LogP contribution in [0.3, 0.4) is 0 Å². The quantitative estimate of drug-likeness (QED) is 0.0482. The van der Waals surface area contributed by atoms with Crippen LogP contribution in [0.2, 0.25) is 0 Å². The summed E-state index contributed by atoms with van der Waals surface area (Å²) in [6.07, 6.45) is 36.8. The van der Waals surface area contributed by atoms with E-state index in [1.807, 2.05) is 6.92 Å². The van der Waals surface area contributed by atoms with Gasteiger partial charge >= 0.3 is 11.9 Å². The van der Waals surface area contributed by atoms with Crippen molar-refractivity contribution in [3.63, 3.8) is 0 Å². The number of aliphatic hydroxyl groups is 2. The monoisotopic (exact) mass is 604 g/mol. The molecule has 2 atom stereocenters. The summed E-state index contributed by atoms with van der Waals surface area (Å²) < 4.78 is 10.5. The fourth-order valence-corrected chi connectivity index (χ4v) is 4.47. The molecule has 0 heterocycles. The summed E-state index contributed by atoms with van der Waals surface area (Å²) in [5.41, 5.74) is 0. The van der Waals surface area contributed by atoms with Crippen molar-refractivity contribution in [1.29, 1.82) is 0 Å². The molecule has 0 aromatic rings. The van der Waals surface area contributed by atoms with Gasteiger partial charge in [0.25, 0.3) is 0 Å². The molecule has 0 spiro atoms. The van der Waals surface area contributed by atoms with Gasteiger partial charge < -0.3 is 19.7 Å². The third kappa shape index (κ3) is 31.1. The summed E-state index contributed by atoms with van der Waals surface area (Å²) in [6, 6.07) is 0. The Morgan fingerprint density at radius 2 is 1.12 bits per heavy atom. The van der Waals surface area contributed by atoms with Crippen molar-refractivity contribution in [1.82, 2.24) is 0 Å². The molecule has 2 N–H and O–H groups in total. The van der Waals surface area contributed by atoms with Crippen molar-refractivity contribution in [2.45, 2.75) is 161 Å². The molecular formula is C37H64O6. The molecule has 0 fully saturated rings. The van der Waals surface area contributed by atoms with Gasteiger partial charge in [-0.25, -0.2) is 0 Å². The number of hydrogen-bond acceptors (Lipinski definition) is 6. The highest BCUT2D eigenvalue weighted by Crippen LogP contribution is 2.12. The minimum Gasteiger partial charge on any atom is -0.462 e. The van der Waals surface area contributed by atoms with Crippen LogP contribution in [0, 0.1) is 0 Å². The highest BCUT2D eigenvalue weighted by Gasteiger charge is 2.16. The van der Waals surface area contributed by atoms with Crippen molar-refractivity contribution >= 4 is 11.9 Å². The Kier molecular flexibility index (Phi) is 31.1. The standard InChI is InChI=1S/C37H64O6/c1-3-5-6-7-8-9-14-19-22-25-28-31-37(41)43-35(32-38)33-42-36(40)30-27-24-21-18-16-13-11-10-12-15-17-20-23-26-29-34(39)4-2/h11-13,15,18,20-21,23,34-35,38-39H,3-10,14,16-17,19,22,24-33H2,1-2H3/b13-11-,15-12-,21-18-,23-20-/t34-,35-/m0/s1. The number of unbranched alkanes of at least 4 members (excludes halogenated alkanes) is 11. The zero-order valence-electron chi connectivity index (χ0n) is 27.6. The van der Waals surface area contributed by atoms with Crippen LogP contribution in [0.25, 0.3) is 0 Å². The van der Waals surface area contributed by atoms with E-state index in [-0.39, 0.29) is 31.3 Å². The summed E-state index contributed by atoms with van der Waals surface area (Å²) in [7, 11) is 0. The maximum absolute atomic E-state index is 12.1. The Morgan fingerprint density at radius 1 is 0.628 bits per heavy atom. The molecule has 6 nitrogen and oxygen atoms in total. The predicted molar refractivity (Wildman–Crippen MR) is 179 cm³/mol. The second kappa shape index (κ2) is 32.7. The van der Waals surface area contributed by atoms with Gasteiger partial charge in [-0.3, -0.25) is 9.59 Å². The van der Waals surface area contributed by atoms with Crippen molar-refractivity contribution in [2.75, 3.05) is 13.2 Å². The number of aliphatic hydroxyl groups excluding tert-OH is 2. The van der Waals surface area contributed by atoms with E-state index < -0.39 is 6.10 Å². The van der Waals surface area contributed by atoms with Crippen LogP contribution in [0.5, 0.6) is 0 Å². The molecule has 0 amide bonds. The highest BCUT2D eigenvalue weighted by molar-refractivity contribution is 5.70. The highest BCUT2D eigenvalue weighted by atomic mass is 16.6. The molecule has 0 unspecified atom stereocenters. The lowest BCUT2D eigenvalue weighted by molar-refractivity contribution is -0.161. The smallest absolute Gasteiger partial charge is 0.306 e. The van der Waals surface area contributed by atoms with Crippen molar-refractivity contribution in [3.8, 4) is 0 Å². The molecule has 248 valence electrons. The van der Waals surface area contributed by atoms with E-state index in [2.05, 4.69) is 55.5 Å². The third-order valence-electron chi connectivity index (χ3n) is 7.29. The van der Waals surface area contributed by atoms with E-state index in [1.54, 1.807) is 0 Å². The minimum absolute atomic E-state index is 0.103. The molecule has 0 aliphatic rings. The number of rotatable bonds is 30. The first kappa shape index (κ1) is 40.8. The van der Waals surface area contributed by atoms with E-state index in [4.69, 9.17) is 9.47 Å². The molecule has 0 saturated carbocycles. The summed E-state index contributed by atoms with van der Waals surface area (Å²) >= 11 is 0. The molecule has 43 heavy (non-hydrogen) atoms. The third-order valence-corrected chi connectivity index (χ3v) is 7.29. The Labute approximate surface area is 263 Å². The van der Waals surface area contributed by atoms with Gasteiger partial charge in [-0.15, -0.1) is 0 Å². The fourth-order valence-electron chi connectivity index (χ4n) is 4.47. The zero-order valence-corrected chi connectivity index (χ0v) is 27.6. The second-order valence-corrected chi connectivity index (χ2v) is 11.4. The van der Waals surface area contributed by atoms with Gasteiger partial charge in [0.15, 0.2) is 6.10 Å². The topological polar surface area (TPSA) is 93.1 Å². The zero-order chi connectivity index (χ0) is 31.6. The number of hydrogen-bond donors (Lipinski definition) is 2. The maximum atomic E-state index is 12.1. The van der Waals surface area contributed by atoms with Crippen LogP contribution in [-0.2, 0) is 19.1 Å². The average molecular weight is 605 g/mol. The van der Waals surface area contributed by atoms with Gasteiger partial charge in [-0.05, 0) is 57.8 Å². The summed E-state index contributed by atoms with van der Waals surface area (Å²) in [5.74, 6) is -0.679. The second-order valence-electron chi connectivity index (χ2n) is 11.4. The Bertz CT molecular complexity index is 754. The van der Waals surface area contributed by atoms with Crippen LogP contribution < -0.4 is 0 Å². The van der Waals surface area contributed by atoms with E-state index in [9.17, 15) is 19.8 Å². The van der Waals surface area contributed by atoms with Crippen LogP contribution in [0.4, 0.5) is 0 Å². The van der Waals surface area contributed by atoms with Gasteiger partial charge in [-0.1, -0.05) is 127 Å². The van der Waals surface area contributed by atoms with Gasteiger partial charge in [0.1, 0.15) is 6.61 Å². The molecule has 0 aliphatic carbocycles. The van der Waals surface area contributed by atoms with E-state index in [1.165, 1.54) is 51.4 Å². The van der Waals surface area contributed by atoms with E-state index >= 15 is 0 Å². The summed E-state index contributed by atoms with van der Waals surface area (Å²) in [6.45, 7) is 3.78. The van der Waals surface area contributed by atoms with Gasteiger partial charge in [0, 0.05) is 12.8 Å². The largest absolute Gasteiger partial charge is 0.462 e. The average Bonchev–Trinajstić information content (AvgIpc) is 3.01. The Morgan fingerprint density at radius 3 is 1.65 bits per heavy atom. The van der Waals surface area contributed by atoms with Crippen LogP contribution in [-0.4, -0.2) is 47.6 Å². The van der Waals surface area contributed by atoms with Gasteiger partial charge in [0.2, 0.25) is 0 Å². The Hall–Kier alpha value is -2.18. The number of carbonyl (C=O) groups excluding carboxylic acids is 2. The molecule has 0 aliphatic heterocycles. The van der Waals surface area contributed by atoms with Crippen molar-refractivity contribution in [3.05, 3.63) is 48.6 Å². The lowest BCUT2D eigenvalue weighted by Crippen LogP contribution is -2.28. The van der Waals surface area contributed by atoms with Crippen LogP contribution in [0.15, 0.2) is 48.6 Å². The van der Waals surface area contributed by atoms with Gasteiger partial charge in [0.05, 0.1) is 12.7 Å². The molecule has 0 aromatic carbocycles. The number of carbonyl (C=O) groups is 2. The van der Waals surface area contributed by atoms with Crippen LogP contribution >= 0.6 is 0 Å². The molecule has 0 bridgehead atoms. The fraction of sp³-hybridized carbons (Fsp3) is 0.730. The number of esters is 2. The van der Waals surface area contributed by atoms with Crippen LogP contribution in [0.1, 0.15) is 149 Å². The normalized spacial score (nSPS) is 13.5. The van der Waals surface area contributed by atoms with Crippen molar-refractivity contribution in [2.24, 2.45) is 0 Å². The Balaban J connectivity index is 3.72. The molecule has 0 rings (SSSR count). The van der Waals surface area contributed by atoms with E-state index in [0.29, 0.717) is 19.3 Å². The SMILES string of the molecule is CCCCCCCCCCCCCC(=O)O[C@@H](CO)COC(=O)CCC/C=C\C/C=C\C/C=C\C/C=C\CC[C@@H](O)CC. The number of ether oxygens (including phenoxy) is 2. The lowest BCUT2D eigenvalue weighted by atomic mass is 10.1. The molecular weight excluding hydrogens is 540 g/mol. The summed E-state index contributed by atoms with van der Waals surface area (Å²) in [5, 5.41) is 19.0. The minimum atomic E-state index is -0.798. The molecule has 0 saturated heterocycles. The lowest BCUT2D eigenvalue weighted by Gasteiger charge is -2.15.